The van der Waals surface area contributed by atoms with Crippen LogP contribution in [0.25, 0.3) is 0 Å². The topological polar surface area (TPSA) is 103 Å². The van der Waals surface area contributed by atoms with Gasteiger partial charge in [0.2, 0.25) is 0 Å². The summed E-state index contributed by atoms with van der Waals surface area (Å²) in [6.45, 7) is 6.20. The van der Waals surface area contributed by atoms with Gasteiger partial charge in [0.05, 0.1) is 26.4 Å². The number of hydrogen-bond acceptors (Lipinski definition) is 7. The molecular weight excluding hydrogens is 404 g/mol. The Morgan fingerprint density at radius 3 is 2.55 bits per heavy atom. The first-order chi connectivity index (χ1) is 14.7. The maximum absolute atomic E-state index is 12.4. The van der Waals surface area contributed by atoms with Gasteiger partial charge in [0.25, 0.3) is 0 Å². The number of benzene rings is 1. The number of nitrogens with one attached hydrogen (secondary N) is 1. The second-order valence-electron chi connectivity index (χ2n) is 8.31. The molecule has 2 rings (SSSR count). The molecule has 31 heavy (non-hydrogen) atoms. The third-order valence-corrected chi connectivity index (χ3v) is 4.52. The Morgan fingerprint density at radius 1 is 1.19 bits per heavy atom. The fourth-order valence-corrected chi connectivity index (χ4v) is 3.04. The fourth-order valence-electron chi connectivity index (χ4n) is 3.04. The summed E-state index contributed by atoms with van der Waals surface area (Å²) >= 11 is 0. The van der Waals surface area contributed by atoms with E-state index in [4.69, 9.17) is 18.9 Å². The molecule has 2 atom stereocenters. The lowest BCUT2D eigenvalue weighted by atomic mass is 10.1. The maximum atomic E-state index is 12.4. The number of nitrogens with zero attached hydrogens (tertiary/aromatic N) is 1. The van der Waals surface area contributed by atoms with E-state index >= 15 is 0 Å². The third-order valence-electron chi connectivity index (χ3n) is 4.52. The highest BCUT2D eigenvalue weighted by Crippen LogP contribution is 2.16. The fraction of sp³-hybridized carbons (Fsp3) is 0.591. The minimum atomic E-state index is -1.01. The molecule has 0 aromatic heterocycles. The van der Waals surface area contributed by atoms with Gasteiger partial charge in [-0.1, -0.05) is 30.3 Å². The highest BCUT2D eigenvalue weighted by atomic mass is 16.6. The van der Waals surface area contributed by atoms with Crippen LogP contribution in [0.5, 0.6) is 0 Å². The molecule has 0 bridgehead atoms. The average molecular weight is 437 g/mol. The van der Waals surface area contributed by atoms with Crippen LogP contribution in [0, 0.1) is 0 Å². The molecular formula is C22H32N2O7. The molecule has 9 nitrogen and oxygen atoms in total. The van der Waals surface area contributed by atoms with Crippen molar-refractivity contribution in [2.24, 2.45) is 0 Å². The van der Waals surface area contributed by atoms with Crippen LogP contribution in [-0.4, -0.2) is 67.6 Å². The van der Waals surface area contributed by atoms with Crippen molar-refractivity contribution < 1.29 is 33.3 Å². The van der Waals surface area contributed by atoms with Crippen LogP contribution in [0.2, 0.25) is 0 Å². The molecule has 1 heterocycles. The molecule has 0 saturated carbocycles. The van der Waals surface area contributed by atoms with Gasteiger partial charge in [0, 0.05) is 6.54 Å². The molecule has 0 spiro atoms. The highest BCUT2D eigenvalue weighted by Gasteiger charge is 2.29. The van der Waals surface area contributed by atoms with Crippen molar-refractivity contribution in [3.05, 3.63) is 35.9 Å². The molecule has 9 heteroatoms. The SMILES string of the molecule is COC(=O)[C@@H](CO[C@@H]1CCCN(C(=O)OCc2ccccc2)C1)NC(=O)OC(C)(C)C. The van der Waals surface area contributed by atoms with Crippen molar-refractivity contribution in [1.29, 1.82) is 0 Å². The first kappa shape index (κ1) is 24.5. The zero-order valence-electron chi connectivity index (χ0n) is 18.6. The van der Waals surface area contributed by atoms with Crippen molar-refractivity contribution in [1.82, 2.24) is 10.2 Å². The number of ether oxygens (including phenoxy) is 4. The van der Waals surface area contributed by atoms with E-state index in [-0.39, 0.29) is 19.3 Å². The zero-order chi connectivity index (χ0) is 22.9. The zero-order valence-corrected chi connectivity index (χ0v) is 18.6. The lowest BCUT2D eigenvalue weighted by Gasteiger charge is -2.32. The average Bonchev–Trinajstić information content (AvgIpc) is 2.74. The first-order valence-electron chi connectivity index (χ1n) is 10.3. The van der Waals surface area contributed by atoms with Gasteiger partial charge in [-0.15, -0.1) is 0 Å². The summed E-state index contributed by atoms with van der Waals surface area (Å²) in [5.41, 5.74) is 0.213. The quantitative estimate of drug-likeness (QED) is 0.518. The number of esters is 1. The second-order valence-corrected chi connectivity index (χ2v) is 8.31. The summed E-state index contributed by atoms with van der Waals surface area (Å²) in [5, 5.41) is 2.47. The van der Waals surface area contributed by atoms with Crippen molar-refractivity contribution in [2.75, 3.05) is 26.8 Å². The third kappa shape index (κ3) is 8.84. The predicted octanol–water partition coefficient (Wildman–Crippen LogP) is 2.87. The van der Waals surface area contributed by atoms with E-state index in [1.807, 2.05) is 30.3 Å². The van der Waals surface area contributed by atoms with E-state index in [2.05, 4.69) is 5.32 Å². The van der Waals surface area contributed by atoms with Crippen molar-refractivity contribution in [2.45, 2.75) is 58.0 Å². The van der Waals surface area contributed by atoms with Crippen LogP contribution >= 0.6 is 0 Å². The molecule has 1 N–H and O–H groups in total. The summed E-state index contributed by atoms with van der Waals surface area (Å²) in [5.74, 6) is -0.638. The predicted molar refractivity (Wildman–Crippen MR) is 112 cm³/mol. The Hall–Kier alpha value is -2.81. The number of carbonyl (C=O) groups is 3. The van der Waals surface area contributed by atoms with Crippen LogP contribution in [0.15, 0.2) is 30.3 Å². The van der Waals surface area contributed by atoms with Crippen LogP contribution in [0.4, 0.5) is 9.59 Å². The summed E-state index contributed by atoms with van der Waals surface area (Å²) in [6.07, 6.45) is 0.0384. The Bertz CT molecular complexity index is 733. The number of alkyl carbamates (subject to hydrolysis) is 1. The minimum Gasteiger partial charge on any atom is -0.467 e. The number of methoxy groups -OCH3 is 1. The number of amides is 2. The molecule has 1 aromatic carbocycles. The van der Waals surface area contributed by atoms with Gasteiger partial charge in [-0.05, 0) is 39.2 Å². The maximum Gasteiger partial charge on any atom is 0.410 e. The molecule has 0 radical (unpaired) electrons. The summed E-state index contributed by atoms with van der Waals surface area (Å²) in [6, 6.07) is 8.44. The van der Waals surface area contributed by atoms with E-state index in [0.29, 0.717) is 13.1 Å². The smallest absolute Gasteiger partial charge is 0.410 e. The summed E-state index contributed by atoms with van der Waals surface area (Å²) < 4.78 is 21.1. The van der Waals surface area contributed by atoms with Crippen LogP contribution in [0.3, 0.4) is 0 Å². The van der Waals surface area contributed by atoms with Crippen LogP contribution < -0.4 is 5.32 Å². The molecule has 1 aliphatic rings. The molecule has 1 aliphatic heterocycles. The van der Waals surface area contributed by atoms with Gasteiger partial charge in [-0.25, -0.2) is 14.4 Å². The van der Waals surface area contributed by atoms with E-state index in [1.54, 1.807) is 25.7 Å². The number of likely N-dealkylation sites (tertiary alicyclic amines) is 1. The Labute approximate surface area is 183 Å². The Kier molecular flexibility index (Phi) is 9.11. The molecule has 0 unspecified atom stereocenters. The van der Waals surface area contributed by atoms with Crippen molar-refractivity contribution in [3.63, 3.8) is 0 Å². The van der Waals surface area contributed by atoms with Gasteiger partial charge in [0.1, 0.15) is 12.2 Å². The number of carbonyl (C=O) groups excluding carboxylic acids is 3. The Balaban J connectivity index is 1.83. The molecule has 2 amide bonds. The molecule has 1 aromatic rings. The minimum absolute atomic E-state index is 0.0938. The molecule has 1 fully saturated rings. The lowest BCUT2D eigenvalue weighted by Crippen LogP contribution is -2.49. The molecule has 172 valence electrons. The van der Waals surface area contributed by atoms with Crippen LogP contribution in [0.1, 0.15) is 39.2 Å². The van der Waals surface area contributed by atoms with Crippen molar-refractivity contribution >= 4 is 18.2 Å². The molecule has 0 aliphatic carbocycles. The van der Waals surface area contributed by atoms with Gasteiger partial charge < -0.3 is 29.2 Å². The van der Waals surface area contributed by atoms with E-state index < -0.39 is 29.8 Å². The van der Waals surface area contributed by atoms with Crippen LogP contribution in [-0.2, 0) is 30.3 Å². The van der Waals surface area contributed by atoms with Gasteiger partial charge >= 0.3 is 18.2 Å². The van der Waals surface area contributed by atoms with Gasteiger partial charge in [0.15, 0.2) is 6.04 Å². The van der Waals surface area contributed by atoms with E-state index in [1.165, 1.54) is 7.11 Å². The number of rotatable bonds is 7. The largest absolute Gasteiger partial charge is 0.467 e. The monoisotopic (exact) mass is 436 g/mol. The van der Waals surface area contributed by atoms with Gasteiger partial charge in [-0.2, -0.15) is 0 Å². The number of piperidine rings is 1. The first-order valence-corrected chi connectivity index (χ1v) is 10.3. The lowest BCUT2D eigenvalue weighted by molar-refractivity contribution is -0.145. The van der Waals surface area contributed by atoms with Crippen molar-refractivity contribution in [3.8, 4) is 0 Å². The summed E-state index contributed by atoms with van der Waals surface area (Å²) in [4.78, 5) is 38.0. The summed E-state index contributed by atoms with van der Waals surface area (Å²) in [7, 11) is 1.23. The molecule has 1 saturated heterocycles. The van der Waals surface area contributed by atoms with E-state index in [0.717, 1.165) is 18.4 Å². The van der Waals surface area contributed by atoms with Gasteiger partial charge in [-0.3, -0.25) is 0 Å². The standard InChI is InChI=1S/C22H32N2O7/c1-22(2,3)31-20(26)23-18(19(25)28-4)15-29-17-11-8-12-24(13-17)21(27)30-14-16-9-6-5-7-10-16/h5-7,9-10,17-18H,8,11-15H2,1-4H3,(H,23,26)/t17-,18-/m1/s1. The normalized spacial score (nSPS) is 17.4. The Morgan fingerprint density at radius 2 is 1.90 bits per heavy atom. The highest BCUT2D eigenvalue weighted by molar-refractivity contribution is 5.81. The number of hydrogen-bond donors (Lipinski definition) is 1. The van der Waals surface area contributed by atoms with E-state index in [9.17, 15) is 14.4 Å². The second kappa shape index (κ2) is 11.5.